The summed E-state index contributed by atoms with van der Waals surface area (Å²) in [7, 11) is 1.26. The van der Waals surface area contributed by atoms with Gasteiger partial charge in [-0.3, -0.25) is 24.1 Å². The average molecular weight is 851 g/mol. The van der Waals surface area contributed by atoms with Gasteiger partial charge in [0.1, 0.15) is 24.7 Å². The van der Waals surface area contributed by atoms with Crippen molar-refractivity contribution in [1.82, 2.24) is 26.2 Å². The number of primary amides is 1. The van der Waals surface area contributed by atoms with Crippen LogP contribution in [0.4, 0.5) is 4.79 Å². The molecule has 15 heteroatoms. The molecule has 62 heavy (non-hydrogen) atoms. The van der Waals surface area contributed by atoms with Crippen LogP contribution in [0.2, 0.25) is 0 Å². The van der Waals surface area contributed by atoms with E-state index in [1.54, 1.807) is 24.3 Å². The molecule has 0 spiro atoms. The second-order valence-electron chi connectivity index (χ2n) is 15.8. The van der Waals surface area contributed by atoms with Crippen molar-refractivity contribution >= 4 is 46.5 Å². The Bertz CT molecular complexity index is 2140. The molecule has 2 unspecified atom stereocenters. The number of fused-ring (bicyclic) bond motifs is 1. The number of β-amino-alcohol motifs (C(OH)–C–C–N with tert-alkyl or cyclic N) is 1. The number of nitrogens with zero attached hydrogens (tertiary/aromatic N) is 1. The first kappa shape index (κ1) is 46.7. The standard InChI is InChI=1S/C47H58N6O9/c1-4-30(2)42(45(58)50-38(46(59)61-3)26-33-21-22-34-18-11-12-19-35(34)24-33)52-44(57)39-20-13-23-53(39)28-40(54)36(25-31-14-7-5-8-15-31)49-43(56)37(27-41(48)55)51-47(60)62-29-32-16-9-6-10-17-32/h5-12,14-19,21-22,24,30,36-40,42,54H,4,13,20,23,25-29H2,1-3H3,(H2,48,55)(H,49,56)(H,50,58)(H,51,60)(H,52,57)/t30?,36-,37-,38-,39-,40?,42-/m0/s1. The molecule has 0 saturated carbocycles. The maximum Gasteiger partial charge on any atom is 0.408 e. The third kappa shape index (κ3) is 13.6. The lowest BCUT2D eigenvalue weighted by Crippen LogP contribution is -2.59. The number of benzene rings is 4. The Balaban J connectivity index is 1.26. The number of likely N-dealkylation sites (tertiary alicyclic amines) is 1. The molecule has 1 aliphatic rings. The topological polar surface area (TPSA) is 218 Å². The Morgan fingerprint density at radius 1 is 0.774 bits per heavy atom. The molecular weight excluding hydrogens is 793 g/mol. The van der Waals surface area contributed by atoms with Crippen LogP contribution in [0.3, 0.4) is 0 Å². The molecule has 1 heterocycles. The Labute approximate surface area is 362 Å². The molecule has 5 rings (SSSR count). The molecule has 7 atom stereocenters. The Morgan fingerprint density at radius 2 is 1.44 bits per heavy atom. The van der Waals surface area contributed by atoms with E-state index in [2.05, 4.69) is 21.3 Å². The second-order valence-corrected chi connectivity index (χ2v) is 15.8. The lowest BCUT2D eigenvalue weighted by molar-refractivity contribution is -0.145. The van der Waals surface area contributed by atoms with Crippen LogP contribution in [0.25, 0.3) is 10.8 Å². The van der Waals surface area contributed by atoms with Crippen molar-refractivity contribution in [2.45, 2.75) is 95.3 Å². The molecule has 7 N–H and O–H groups in total. The van der Waals surface area contributed by atoms with E-state index in [9.17, 15) is 33.9 Å². The van der Waals surface area contributed by atoms with Crippen LogP contribution in [0.15, 0.2) is 103 Å². The highest BCUT2D eigenvalue weighted by Crippen LogP contribution is 2.22. The maximum atomic E-state index is 14.1. The summed E-state index contributed by atoms with van der Waals surface area (Å²) in [5.74, 6) is -3.46. The van der Waals surface area contributed by atoms with Gasteiger partial charge in [-0.05, 0) is 59.2 Å². The van der Waals surface area contributed by atoms with E-state index in [0.717, 1.165) is 27.5 Å². The molecule has 0 aromatic heterocycles. The lowest BCUT2D eigenvalue weighted by atomic mass is 9.96. The maximum absolute atomic E-state index is 14.1. The van der Waals surface area contributed by atoms with E-state index in [0.29, 0.717) is 25.8 Å². The van der Waals surface area contributed by atoms with Crippen LogP contribution >= 0.6 is 0 Å². The minimum atomic E-state index is -1.40. The predicted octanol–water partition coefficient (Wildman–Crippen LogP) is 3.29. The molecule has 1 fully saturated rings. The van der Waals surface area contributed by atoms with Crippen molar-refractivity contribution in [3.05, 3.63) is 120 Å². The fourth-order valence-electron chi connectivity index (χ4n) is 7.61. The van der Waals surface area contributed by atoms with Crippen molar-refractivity contribution in [2.75, 3.05) is 20.2 Å². The van der Waals surface area contributed by atoms with E-state index in [1.165, 1.54) is 7.11 Å². The van der Waals surface area contributed by atoms with Crippen LogP contribution in [0, 0.1) is 5.92 Å². The van der Waals surface area contributed by atoms with Crippen molar-refractivity contribution in [2.24, 2.45) is 11.7 Å². The van der Waals surface area contributed by atoms with E-state index < -0.39 is 78.4 Å². The van der Waals surface area contributed by atoms with Gasteiger partial charge in [0.2, 0.25) is 23.6 Å². The largest absolute Gasteiger partial charge is 0.467 e. The third-order valence-electron chi connectivity index (χ3n) is 11.3. The van der Waals surface area contributed by atoms with Crippen molar-refractivity contribution in [3.8, 4) is 0 Å². The molecule has 4 aromatic rings. The lowest BCUT2D eigenvalue weighted by Gasteiger charge is -2.33. The smallest absolute Gasteiger partial charge is 0.408 e. The summed E-state index contributed by atoms with van der Waals surface area (Å²) in [5, 5.41) is 24.8. The van der Waals surface area contributed by atoms with E-state index in [4.69, 9.17) is 15.2 Å². The first-order valence-corrected chi connectivity index (χ1v) is 21.0. The third-order valence-corrected chi connectivity index (χ3v) is 11.3. The van der Waals surface area contributed by atoms with Crippen molar-refractivity contribution in [1.29, 1.82) is 0 Å². The Morgan fingerprint density at radius 3 is 2.10 bits per heavy atom. The summed E-state index contributed by atoms with van der Waals surface area (Å²) in [4.78, 5) is 81.3. The average Bonchev–Trinajstić information content (AvgIpc) is 3.74. The zero-order chi connectivity index (χ0) is 44.6. The number of ether oxygens (including phenoxy) is 2. The normalized spacial score (nSPS) is 16.7. The predicted molar refractivity (Wildman–Crippen MR) is 233 cm³/mol. The van der Waals surface area contributed by atoms with Crippen LogP contribution in [-0.4, -0.2) is 102 Å². The van der Waals surface area contributed by atoms with Crippen LogP contribution in [0.1, 0.15) is 56.2 Å². The summed E-state index contributed by atoms with van der Waals surface area (Å²) in [6.45, 7) is 4.11. The van der Waals surface area contributed by atoms with Crippen LogP contribution < -0.4 is 27.0 Å². The number of nitrogens with two attached hydrogens (primary N) is 1. The molecule has 330 valence electrons. The number of esters is 1. The van der Waals surface area contributed by atoms with E-state index in [-0.39, 0.29) is 31.9 Å². The number of nitrogens with one attached hydrogen (secondary N) is 4. The number of amides is 5. The summed E-state index contributed by atoms with van der Waals surface area (Å²) >= 11 is 0. The quantitative estimate of drug-likeness (QED) is 0.0673. The van der Waals surface area contributed by atoms with Crippen LogP contribution in [-0.2, 0) is 52.9 Å². The van der Waals surface area contributed by atoms with Gasteiger partial charge in [-0.2, -0.15) is 0 Å². The number of aliphatic hydroxyl groups excluding tert-OH is 1. The molecule has 5 amide bonds. The van der Waals surface area contributed by atoms with Crippen molar-refractivity contribution in [3.63, 3.8) is 0 Å². The molecule has 0 aliphatic carbocycles. The van der Waals surface area contributed by atoms with Gasteiger partial charge >= 0.3 is 12.1 Å². The number of hydrogen-bond acceptors (Lipinski definition) is 10. The van der Waals surface area contributed by atoms with Crippen LogP contribution in [0.5, 0.6) is 0 Å². The van der Waals surface area contributed by atoms with Gasteiger partial charge in [-0.1, -0.05) is 123 Å². The molecule has 0 bridgehead atoms. The Kier molecular flexibility index (Phi) is 17.4. The zero-order valence-corrected chi connectivity index (χ0v) is 35.5. The highest BCUT2D eigenvalue weighted by molar-refractivity contribution is 5.93. The molecule has 4 aromatic carbocycles. The minimum absolute atomic E-state index is 0.0285. The van der Waals surface area contributed by atoms with Gasteiger partial charge in [0, 0.05) is 13.0 Å². The first-order valence-electron chi connectivity index (χ1n) is 21.0. The molecule has 0 radical (unpaired) electrons. The number of hydrogen-bond donors (Lipinski definition) is 6. The fraction of sp³-hybridized carbons (Fsp3) is 0.404. The number of aliphatic hydroxyl groups is 1. The van der Waals surface area contributed by atoms with Gasteiger partial charge in [0.25, 0.3) is 0 Å². The van der Waals surface area contributed by atoms with E-state index in [1.807, 2.05) is 97.6 Å². The number of carbonyl (C=O) groups is 6. The number of alkyl carbamates (subject to hydrolysis) is 1. The molecule has 15 nitrogen and oxygen atoms in total. The van der Waals surface area contributed by atoms with E-state index >= 15 is 0 Å². The molecule has 1 aliphatic heterocycles. The summed E-state index contributed by atoms with van der Waals surface area (Å²) in [5.41, 5.74) is 7.80. The monoisotopic (exact) mass is 850 g/mol. The second kappa shape index (κ2) is 23.0. The van der Waals surface area contributed by atoms with Gasteiger partial charge in [-0.25, -0.2) is 9.59 Å². The van der Waals surface area contributed by atoms with Crippen molar-refractivity contribution < 1.29 is 43.3 Å². The number of rotatable bonds is 21. The number of methoxy groups -OCH3 is 1. The highest BCUT2D eigenvalue weighted by Gasteiger charge is 2.38. The zero-order valence-electron chi connectivity index (χ0n) is 35.5. The SMILES string of the molecule is CCC(C)[C@H](NC(=O)[C@@H]1CCCN1CC(O)[C@H](Cc1ccccc1)NC(=O)[C@H](CC(N)=O)NC(=O)OCc1ccccc1)C(=O)N[C@@H](Cc1ccc2ccccc2c1)C(=O)OC. The minimum Gasteiger partial charge on any atom is -0.467 e. The Hall–Kier alpha value is -6.32. The fourth-order valence-corrected chi connectivity index (χ4v) is 7.61. The first-order chi connectivity index (χ1) is 29.8. The molecular formula is C47H58N6O9. The van der Waals surface area contributed by atoms with Gasteiger partial charge in [0.15, 0.2) is 0 Å². The van der Waals surface area contributed by atoms with Gasteiger partial charge < -0.3 is 41.6 Å². The summed E-state index contributed by atoms with van der Waals surface area (Å²) in [6.07, 6.45) is -0.695. The molecule has 1 saturated heterocycles. The summed E-state index contributed by atoms with van der Waals surface area (Å²) in [6, 6.07) is 26.7. The highest BCUT2D eigenvalue weighted by atomic mass is 16.5. The van der Waals surface area contributed by atoms with Gasteiger partial charge in [0.05, 0.1) is 31.7 Å². The number of carbonyl (C=O) groups excluding carboxylic acids is 6. The van der Waals surface area contributed by atoms with Gasteiger partial charge in [-0.15, -0.1) is 0 Å². The summed E-state index contributed by atoms with van der Waals surface area (Å²) < 4.78 is 10.3.